The zero-order valence-corrected chi connectivity index (χ0v) is 17.7. The predicted octanol–water partition coefficient (Wildman–Crippen LogP) is 6.95. The Bertz CT molecular complexity index is 1250. The second-order valence-corrected chi connectivity index (χ2v) is 9.36. The summed E-state index contributed by atoms with van der Waals surface area (Å²) >= 11 is 8.90. The number of hydrogen-bond acceptors (Lipinski definition) is 4. The molecule has 0 bridgehead atoms. The van der Waals surface area contributed by atoms with Gasteiger partial charge in [-0.1, -0.05) is 23.7 Å². The van der Waals surface area contributed by atoms with Crippen LogP contribution in [0.2, 0.25) is 5.02 Å². The number of hydrogen-bond donors (Lipinski definition) is 1. The normalized spacial score (nSPS) is 13.4. The third-order valence-corrected chi connectivity index (χ3v) is 7.58. The van der Waals surface area contributed by atoms with Gasteiger partial charge in [-0.25, -0.2) is 9.37 Å². The standard InChI is InChI=1S/C22H16ClFN2OS2/c23-19-16-8-7-15(24)10-18(16)29-20(19)21(27)26-22-25-17(11-28-22)14-6-5-12-3-1-2-4-13(12)9-14/h5-11H,1-4H2,(H,25,26,27). The average Bonchev–Trinajstić information content (AvgIpc) is 3.32. The maximum atomic E-state index is 13.4. The second kappa shape index (κ2) is 7.52. The van der Waals surface area contributed by atoms with Crippen molar-refractivity contribution in [1.82, 2.24) is 4.98 Å². The molecule has 0 saturated heterocycles. The van der Waals surface area contributed by atoms with Crippen molar-refractivity contribution in [2.45, 2.75) is 25.7 Å². The minimum Gasteiger partial charge on any atom is -0.297 e. The third-order valence-electron chi connectivity index (χ3n) is 5.17. The van der Waals surface area contributed by atoms with Crippen molar-refractivity contribution < 1.29 is 9.18 Å². The lowest BCUT2D eigenvalue weighted by Gasteiger charge is -2.16. The number of aryl methyl sites for hydroxylation is 2. The summed E-state index contributed by atoms with van der Waals surface area (Å²) in [7, 11) is 0. The molecule has 7 heteroatoms. The van der Waals surface area contributed by atoms with Gasteiger partial charge >= 0.3 is 0 Å². The maximum Gasteiger partial charge on any atom is 0.269 e. The first-order valence-corrected chi connectivity index (χ1v) is 11.4. The molecular weight excluding hydrogens is 427 g/mol. The Balaban J connectivity index is 1.39. The Morgan fingerprint density at radius 3 is 2.79 bits per heavy atom. The van der Waals surface area contributed by atoms with E-state index in [0.717, 1.165) is 24.1 Å². The topological polar surface area (TPSA) is 42.0 Å². The van der Waals surface area contributed by atoms with E-state index in [4.69, 9.17) is 11.6 Å². The highest BCUT2D eigenvalue weighted by molar-refractivity contribution is 7.22. The molecule has 0 radical (unpaired) electrons. The Morgan fingerprint density at radius 1 is 1.10 bits per heavy atom. The van der Waals surface area contributed by atoms with E-state index >= 15 is 0 Å². The Morgan fingerprint density at radius 2 is 1.93 bits per heavy atom. The summed E-state index contributed by atoms with van der Waals surface area (Å²) in [6.07, 6.45) is 4.75. The molecule has 0 unspecified atom stereocenters. The van der Waals surface area contributed by atoms with E-state index in [1.807, 2.05) is 5.38 Å². The maximum absolute atomic E-state index is 13.4. The van der Waals surface area contributed by atoms with Gasteiger partial charge in [0.1, 0.15) is 10.7 Å². The van der Waals surface area contributed by atoms with Crippen LogP contribution in [0.1, 0.15) is 33.6 Å². The van der Waals surface area contributed by atoms with Crippen molar-refractivity contribution in [1.29, 1.82) is 0 Å². The van der Waals surface area contributed by atoms with Crippen molar-refractivity contribution in [3.8, 4) is 11.3 Å². The van der Waals surface area contributed by atoms with Gasteiger partial charge in [-0.15, -0.1) is 22.7 Å². The largest absolute Gasteiger partial charge is 0.297 e. The molecule has 3 nitrogen and oxygen atoms in total. The van der Waals surface area contributed by atoms with Crippen LogP contribution < -0.4 is 5.32 Å². The molecule has 0 saturated carbocycles. The number of amides is 1. The van der Waals surface area contributed by atoms with Crippen LogP contribution in [0.25, 0.3) is 21.3 Å². The minimum atomic E-state index is -0.350. The quantitative estimate of drug-likeness (QED) is 0.373. The van der Waals surface area contributed by atoms with Gasteiger partial charge in [0.15, 0.2) is 5.13 Å². The molecule has 0 spiro atoms. The molecule has 0 aliphatic heterocycles. The number of thiazole rings is 1. The number of carbonyl (C=O) groups excluding carboxylic acids is 1. The Labute approximate surface area is 180 Å². The van der Waals surface area contributed by atoms with E-state index in [-0.39, 0.29) is 11.7 Å². The summed E-state index contributed by atoms with van der Waals surface area (Å²) in [5.41, 5.74) is 4.75. The monoisotopic (exact) mass is 442 g/mol. The first kappa shape index (κ1) is 18.7. The number of fused-ring (bicyclic) bond motifs is 2. The number of benzene rings is 2. The number of thiophene rings is 1. The SMILES string of the molecule is O=C(Nc1nc(-c2ccc3c(c2)CCCC3)cs1)c1sc2cc(F)ccc2c1Cl. The highest BCUT2D eigenvalue weighted by Gasteiger charge is 2.19. The number of anilines is 1. The van der Waals surface area contributed by atoms with Crippen LogP contribution in [-0.2, 0) is 12.8 Å². The highest BCUT2D eigenvalue weighted by Crippen LogP contribution is 2.36. The molecular formula is C22H16ClFN2OS2. The Kier molecular flexibility index (Phi) is 4.86. The van der Waals surface area contributed by atoms with Crippen LogP contribution in [0.15, 0.2) is 41.8 Å². The molecule has 2 heterocycles. The van der Waals surface area contributed by atoms with Crippen molar-refractivity contribution in [2.24, 2.45) is 0 Å². The van der Waals surface area contributed by atoms with Gasteiger partial charge in [0.05, 0.1) is 10.7 Å². The number of nitrogens with zero attached hydrogens (tertiary/aromatic N) is 1. The molecule has 2 aromatic carbocycles. The van der Waals surface area contributed by atoms with Crippen molar-refractivity contribution >= 4 is 55.4 Å². The molecule has 0 atom stereocenters. The van der Waals surface area contributed by atoms with E-state index in [9.17, 15) is 9.18 Å². The first-order valence-electron chi connectivity index (χ1n) is 9.35. The third kappa shape index (κ3) is 3.56. The molecule has 1 amide bonds. The van der Waals surface area contributed by atoms with Crippen LogP contribution in [0.5, 0.6) is 0 Å². The van der Waals surface area contributed by atoms with Gasteiger partial charge in [-0.2, -0.15) is 0 Å². The lowest BCUT2D eigenvalue weighted by molar-refractivity contribution is 0.103. The van der Waals surface area contributed by atoms with Crippen LogP contribution in [0.4, 0.5) is 9.52 Å². The lowest BCUT2D eigenvalue weighted by atomic mass is 9.90. The summed E-state index contributed by atoms with van der Waals surface area (Å²) in [4.78, 5) is 17.7. The van der Waals surface area contributed by atoms with E-state index in [0.29, 0.717) is 25.1 Å². The highest BCUT2D eigenvalue weighted by atomic mass is 35.5. The van der Waals surface area contributed by atoms with Crippen LogP contribution in [0, 0.1) is 5.82 Å². The minimum absolute atomic E-state index is 0.331. The summed E-state index contributed by atoms with van der Waals surface area (Å²) in [5.74, 6) is -0.681. The van der Waals surface area contributed by atoms with E-state index in [1.54, 1.807) is 6.07 Å². The van der Waals surface area contributed by atoms with E-state index in [1.165, 1.54) is 58.8 Å². The summed E-state index contributed by atoms with van der Waals surface area (Å²) in [6, 6.07) is 10.8. The molecule has 5 rings (SSSR count). The summed E-state index contributed by atoms with van der Waals surface area (Å²) < 4.78 is 14.1. The molecule has 29 heavy (non-hydrogen) atoms. The number of halogens is 2. The lowest BCUT2D eigenvalue weighted by Crippen LogP contribution is -2.10. The van der Waals surface area contributed by atoms with Crippen LogP contribution in [0.3, 0.4) is 0 Å². The van der Waals surface area contributed by atoms with E-state index in [2.05, 4.69) is 28.5 Å². The fourth-order valence-corrected chi connectivity index (χ4v) is 5.85. The molecule has 4 aromatic rings. The van der Waals surface area contributed by atoms with Crippen LogP contribution in [-0.4, -0.2) is 10.9 Å². The smallest absolute Gasteiger partial charge is 0.269 e. The molecule has 1 aliphatic rings. The van der Waals surface area contributed by atoms with Gasteiger partial charge in [-0.3, -0.25) is 10.1 Å². The number of aromatic nitrogens is 1. The van der Waals surface area contributed by atoms with E-state index < -0.39 is 0 Å². The number of carbonyl (C=O) groups is 1. The molecule has 2 aromatic heterocycles. The second-order valence-electron chi connectivity index (χ2n) is 7.07. The van der Waals surface area contributed by atoms with Crippen molar-refractivity contribution in [2.75, 3.05) is 5.32 Å². The fraction of sp³-hybridized carbons (Fsp3) is 0.182. The average molecular weight is 443 g/mol. The first-order chi connectivity index (χ1) is 14.1. The van der Waals surface area contributed by atoms with Gasteiger partial charge in [-0.05, 0) is 61.1 Å². The van der Waals surface area contributed by atoms with Gasteiger partial charge < -0.3 is 0 Å². The zero-order valence-electron chi connectivity index (χ0n) is 15.3. The van der Waals surface area contributed by atoms with Crippen LogP contribution >= 0.6 is 34.3 Å². The summed E-state index contributed by atoms with van der Waals surface area (Å²) in [6.45, 7) is 0. The van der Waals surface area contributed by atoms with Gasteiger partial charge in [0.2, 0.25) is 0 Å². The van der Waals surface area contributed by atoms with Gasteiger partial charge in [0.25, 0.3) is 5.91 Å². The predicted molar refractivity (Wildman–Crippen MR) is 119 cm³/mol. The Hall–Kier alpha value is -2.28. The fourth-order valence-electron chi connectivity index (χ4n) is 3.70. The van der Waals surface area contributed by atoms with Crippen molar-refractivity contribution in [3.63, 3.8) is 0 Å². The van der Waals surface area contributed by atoms with Crippen molar-refractivity contribution in [3.05, 3.63) is 68.6 Å². The molecule has 0 fully saturated rings. The zero-order chi connectivity index (χ0) is 20.0. The number of nitrogens with one attached hydrogen (secondary N) is 1. The van der Waals surface area contributed by atoms with Gasteiger partial charge in [0, 0.05) is 21.0 Å². The number of rotatable bonds is 3. The summed E-state index contributed by atoms with van der Waals surface area (Å²) in [5, 5.41) is 6.31. The molecule has 1 aliphatic carbocycles. The molecule has 1 N–H and O–H groups in total. The molecule has 146 valence electrons.